The largest absolute Gasteiger partial charge is 0.497 e. The van der Waals surface area contributed by atoms with E-state index in [-0.39, 0.29) is 11.1 Å². The molecule has 1 saturated heterocycles. The van der Waals surface area contributed by atoms with Gasteiger partial charge in [-0.2, -0.15) is 0 Å². The summed E-state index contributed by atoms with van der Waals surface area (Å²) in [6.45, 7) is 9.74. The van der Waals surface area contributed by atoms with E-state index < -0.39 is 0 Å². The van der Waals surface area contributed by atoms with Gasteiger partial charge < -0.3 is 19.9 Å². The van der Waals surface area contributed by atoms with E-state index in [4.69, 9.17) is 16.3 Å². The normalized spacial score (nSPS) is 15.2. The molecule has 1 N–H and O–H groups in total. The van der Waals surface area contributed by atoms with Crippen molar-refractivity contribution in [3.05, 3.63) is 82.4 Å². The average molecular weight is 536 g/mol. The highest BCUT2D eigenvalue weighted by Gasteiger charge is 2.28. The van der Waals surface area contributed by atoms with Gasteiger partial charge in [0.25, 0.3) is 5.91 Å². The summed E-state index contributed by atoms with van der Waals surface area (Å²) >= 11 is 6.15. The maximum atomic E-state index is 12.6. The molecule has 202 valence electrons. The maximum absolute atomic E-state index is 12.6. The lowest BCUT2D eigenvalue weighted by atomic mass is 9.99. The summed E-state index contributed by atoms with van der Waals surface area (Å²) in [7, 11) is 1.70. The van der Waals surface area contributed by atoms with Crippen molar-refractivity contribution in [1.82, 2.24) is 20.2 Å². The molecule has 0 aliphatic carbocycles. The number of halogens is 1. The number of aromatic nitrogens is 2. The van der Waals surface area contributed by atoms with Crippen molar-refractivity contribution < 1.29 is 9.53 Å². The number of ether oxygens (including phenoxy) is 1. The highest BCUT2D eigenvalue weighted by atomic mass is 35.5. The lowest BCUT2D eigenvalue weighted by Gasteiger charge is -2.42. The summed E-state index contributed by atoms with van der Waals surface area (Å²) in [4.78, 5) is 26.1. The van der Waals surface area contributed by atoms with Crippen LogP contribution < -0.4 is 15.0 Å². The number of pyridine rings is 2. The molecule has 38 heavy (non-hydrogen) atoms. The van der Waals surface area contributed by atoms with Crippen molar-refractivity contribution in [2.75, 3.05) is 31.6 Å². The van der Waals surface area contributed by atoms with Crippen LogP contribution in [-0.4, -0.2) is 59.6 Å². The molecule has 1 unspecified atom stereocenters. The van der Waals surface area contributed by atoms with E-state index in [0.717, 1.165) is 50.2 Å². The van der Waals surface area contributed by atoms with Crippen molar-refractivity contribution >= 4 is 23.2 Å². The predicted octanol–water partition coefficient (Wildman–Crippen LogP) is 5.44. The summed E-state index contributed by atoms with van der Waals surface area (Å²) in [5.74, 6) is 0.704. The Hall–Kier alpha value is -3.16. The van der Waals surface area contributed by atoms with Crippen LogP contribution in [0.2, 0.25) is 5.15 Å². The molecule has 2 aromatic heterocycles. The Labute approximate surface area is 231 Å². The molecular formula is C30H38ClN5O2. The van der Waals surface area contributed by atoms with Crippen LogP contribution in [0.5, 0.6) is 5.75 Å². The van der Waals surface area contributed by atoms with Gasteiger partial charge >= 0.3 is 0 Å². The molecule has 3 aromatic rings. The number of methoxy groups -OCH3 is 1. The molecule has 7 nitrogen and oxygen atoms in total. The molecule has 1 aliphatic rings. The standard InChI is InChI=1S/C30H38ClN5O2/c1-21-9-14-32-19-24(21)20-36(25-5-7-27(38-4)8-6-25)26-12-17-35(18-13-26)23(3)11-16-34-30(37)28-22(2)10-15-33-29(28)31/h5-10,14-15,19,23,26H,11-13,16-18,20H2,1-4H3,(H,34,37). The van der Waals surface area contributed by atoms with Crippen LogP contribution in [0.3, 0.4) is 0 Å². The zero-order valence-corrected chi connectivity index (χ0v) is 23.5. The van der Waals surface area contributed by atoms with E-state index >= 15 is 0 Å². The second kappa shape index (κ2) is 13.1. The molecule has 4 rings (SSSR count). The number of carbonyl (C=O) groups is 1. The Bertz CT molecular complexity index is 1190. The number of nitrogens with zero attached hydrogens (tertiary/aromatic N) is 4. The quantitative estimate of drug-likeness (QED) is 0.349. The van der Waals surface area contributed by atoms with Gasteiger partial charge in [0.15, 0.2) is 0 Å². The van der Waals surface area contributed by atoms with Crippen LogP contribution in [-0.2, 0) is 6.54 Å². The molecular weight excluding hydrogens is 498 g/mol. The molecule has 1 aliphatic heterocycles. The van der Waals surface area contributed by atoms with E-state index in [9.17, 15) is 4.79 Å². The number of carbonyl (C=O) groups excluding carboxylic acids is 1. The van der Waals surface area contributed by atoms with E-state index in [2.05, 4.69) is 57.1 Å². The number of anilines is 1. The molecule has 0 radical (unpaired) electrons. The first-order valence-electron chi connectivity index (χ1n) is 13.3. The van der Waals surface area contributed by atoms with E-state index in [0.29, 0.717) is 24.2 Å². The number of benzene rings is 1. The lowest BCUT2D eigenvalue weighted by molar-refractivity contribution is 0.0944. The molecule has 3 heterocycles. The van der Waals surface area contributed by atoms with Gasteiger partial charge in [0, 0.05) is 62.5 Å². The number of rotatable bonds is 10. The third-order valence-electron chi connectivity index (χ3n) is 7.64. The van der Waals surface area contributed by atoms with Crippen molar-refractivity contribution in [3.63, 3.8) is 0 Å². The van der Waals surface area contributed by atoms with Crippen LogP contribution in [0.25, 0.3) is 0 Å². The zero-order chi connectivity index (χ0) is 27.1. The third-order valence-corrected chi connectivity index (χ3v) is 7.93. The number of nitrogens with one attached hydrogen (secondary N) is 1. The highest BCUT2D eigenvalue weighted by molar-refractivity contribution is 6.32. The first-order valence-corrected chi connectivity index (χ1v) is 13.7. The molecule has 1 amide bonds. The van der Waals surface area contributed by atoms with Gasteiger partial charge in [-0.05, 0) is 93.1 Å². The second-order valence-corrected chi connectivity index (χ2v) is 10.4. The molecule has 1 fully saturated rings. The molecule has 8 heteroatoms. The first kappa shape index (κ1) is 27.9. The average Bonchev–Trinajstić information content (AvgIpc) is 2.93. The van der Waals surface area contributed by atoms with E-state index in [1.54, 1.807) is 19.4 Å². The number of hydrogen-bond acceptors (Lipinski definition) is 6. The number of piperidine rings is 1. The Kier molecular flexibility index (Phi) is 9.58. The Balaban J connectivity index is 1.34. The number of hydrogen-bond donors (Lipinski definition) is 1. The fourth-order valence-corrected chi connectivity index (χ4v) is 5.44. The van der Waals surface area contributed by atoms with Gasteiger partial charge in [-0.3, -0.25) is 9.78 Å². The van der Waals surface area contributed by atoms with E-state index in [1.807, 2.05) is 31.5 Å². The van der Waals surface area contributed by atoms with Crippen molar-refractivity contribution in [1.29, 1.82) is 0 Å². The maximum Gasteiger partial charge on any atom is 0.254 e. The second-order valence-electron chi connectivity index (χ2n) is 10.1. The minimum absolute atomic E-state index is 0.160. The van der Waals surface area contributed by atoms with Gasteiger partial charge in [0.05, 0.1) is 12.7 Å². The number of likely N-dealkylation sites (tertiary alicyclic amines) is 1. The fourth-order valence-electron chi connectivity index (χ4n) is 5.15. The van der Waals surface area contributed by atoms with Crippen LogP contribution in [0, 0.1) is 13.8 Å². The third kappa shape index (κ3) is 6.83. The Morgan fingerprint density at radius 1 is 1.13 bits per heavy atom. The summed E-state index contributed by atoms with van der Waals surface area (Å²) in [5, 5.41) is 3.28. The van der Waals surface area contributed by atoms with Gasteiger partial charge in [-0.15, -0.1) is 0 Å². The number of aryl methyl sites for hydroxylation is 2. The predicted molar refractivity (Wildman–Crippen MR) is 153 cm³/mol. The smallest absolute Gasteiger partial charge is 0.254 e. The van der Waals surface area contributed by atoms with Gasteiger partial charge in [0.2, 0.25) is 0 Å². The van der Waals surface area contributed by atoms with E-state index in [1.165, 1.54) is 16.8 Å². The molecule has 0 bridgehead atoms. The van der Waals surface area contributed by atoms with Crippen LogP contribution in [0.4, 0.5) is 5.69 Å². The van der Waals surface area contributed by atoms with Gasteiger partial charge in [-0.1, -0.05) is 11.6 Å². The Morgan fingerprint density at radius 3 is 2.50 bits per heavy atom. The first-order chi connectivity index (χ1) is 18.4. The SMILES string of the molecule is COc1ccc(N(Cc2cnccc2C)C2CCN(C(C)CCNC(=O)c3c(C)ccnc3Cl)CC2)cc1. The van der Waals surface area contributed by atoms with Gasteiger partial charge in [0.1, 0.15) is 10.9 Å². The molecule has 1 aromatic carbocycles. The minimum atomic E-state index is -0.160. The highest BCUT2D eigenvalue weighted by Crippen LogP contribution is 2.29. The molecule has 1 atom stereocenters. The Morgan fingerprint density at radius 2 is 1.84 bits per heavy atom. The van der Waals surface area contributed by atoms with Crippen molar-refractivity contribution in [2.24, 2.45) is 0 Å². The topological polar surface area (TPSA) is 70.6 Å². The lowest BCUT2D eigenvalue weighted by Crippen LogP contribution is -2.48. The van der Waals surface area contributed by atoms with Crippen LogP contribution in [0.1, 0.15) is 53.2 Å². The summed E-state index contributed by atoms with van der Waals surface area (Å²) < 4.78 is 5.38. The zero-order valence-electron chi connectivity index (χ0n) is 22.8. The fraction of sp³-hybridized carbons (Fsp3) is 0.433. The summed E-state index contributed by atoms with van der Waals surface area (Å²) in [6, 6.07) is 13.1. The minimum Gasteiger partial charge on any atom is -0.497 e. The van der Waals surface area contributed by atoms with Crippen molar-refractivity contribution in [2.45, 2.75) is 58.7 Å². The van der Waals surface area contributed by atoms with Crippen LogP contribution in [0.15, 0.2) is 55.0 Å². The number of amides is 1. The monoisotopic (exact) mass is 535 g/mol. The van der Waals surface area contributed by atoms with Gasteiger partial charge in [-0.25, -0.2) is 4.98 Å². The molecule has 0 saturated carbocycles. The summed E-state index contributed by atoms with van der Waals surface area (Å²) in [5.41, 5.74) is 5.01. The van der Waals surface area contributed by atoms with Crippen molar-refractivity contribution in [3.8, 4) is 5.75 Å². The molecule has 0 spiro atoms. The van der Waals surface area contributed by atoms with Crippen LogP contribution >= 0.6 is 11.6 Å². The summed E-state index contributed by atoms with van der Waals surface area (Å²) in [6.07, 6.45) is 8.49.